The third kappa shape index (κ3) is 4.19. The number of carbonyl (C=O) groups excluding carboxylic acids is 1. The number of rotatable bonds is 6. The van der Waals surface area contributed by atoms with Gasteiger partial charge in [-0.3, -0.25) is 4.79 Å². The maximum atomic E-state index is 12.1. The van der Waals surface area contributed by atoms with Crippen LogP contribution in [0.1, 0.15) is 21.9 Å². The number of nitrogens with zero attached hydrogens (tertiary/aromatic N) is 3. The van der Waals surface area contributed by atoms with Gasteiger partial charge < -0.3 is 14.5 Å². The quantitative estimate of drug-likeness (QED) is 0.264. The summed E-state index contributed by atoms with van der Waals surface area (Å²) in [5.74, 6) is 0.383. The molecule has 0 radical (unpaired) electrons. The summed E-state index contributed by atoms with van der Waals surface area (Å²) in [6.45, 7) is 0.173. The van der Waals surface area contributed by atoms with Crippen molar-refractivity contribution in [2.75, 3.05) is 0 Å². The van der Waals surface area contributed by atoms with Crippen molar-refractivity contribution in [3.63, 3.8) is 0 Å². The van der Waals surface area contributed by atoms with E-state index in [1.807, 2.05) is 0 Å². The number of furan rings is 1. The molecule has 0 N–H and O–H groups in total. The minimum absolute atomic E-state index is 0.0461. The third-order valence-corrected chi connectivity index (χ3v) is 3.92. The predicted octanol–water partition coefficient (Wildman–Crippen LogP) is 4.64. The van der Waals surface area contributed by atoms with Gasteiger partial charge in [-0.1, -0.05) is 23.2 Å². The lowest BCUT2D eigenvalue weighted by atomic mass is 10.1. The first-order valence-electron chi connectivity index (χ1n) is 7.36. The number of nitro groups is 1. The molecule has 0 aliphatic rings. The van der Waals surface area contributed by atoms with Crippen LogP contribution in [0.3, 0.4) is 0 Å². The highest BCUT2D eigenvalue weighted by molar-refractivity contribution is 6.32. The second-order valence-corrected chi connectivity index (χ2v) is 6.11. The monoisotopic (exact) mass is 391 g/mol. The molecule has 2 heterocycles. The van der Waals surface area contributed by atoms with Crippen molar-refractivity contribution in [3.05, 3.63) is 85.9 Å². The van der Waals surface area contributed by atoms with Crippen LogP contribution in [0.5, 0.6) is 0 Å². The zero-order valence-electron chi connectivity index (χ0n) is 13.1. The fraction of sp³-hybridized carbons (Fsp3) is 0.0588. The Labute approximate surface area is 157 Å². The number of benzene rings is 1. The molecule has 9 heteroatoms. The Morgan fingerprint density at radius 1 is 1.23 bits per heavy atom. The van der Waals surface area contributed by atoms with Crippen molar-refractivity contribution in [1.82, 2.24) is 9.78 Å². The molecule has 0 bridgehead atoms. The van der Waals surface area contributed by atoms with Crippen molar-refractivity contribution < 1.29 is 14.1 Å². The van der Waals surface area contributed by atoms with E-state index in [4.69, 9.17) is 27.6 Å². The van der Waals surface area contributed by atoms with Gasteiger partial charge in [-0.2, -0.15) is 4.68 Å². The largest absolute Gasteiger partial charge is 0.460 e. The Bertz CT molecular complexity index is 990. The average Bonchev–Trinajstić information content (AvgIpc) is 3.20. The van der Waals surface area contributed by atoms with Crippen molar-refractivity contribution in [3.8, 4) is 0 Å². The van der Waals surface area contributed by atoms with Crippen LogP contribution in [-0.4, -0.2) is 20.5 Å². The molecule has 7 nitrogen and oxygen atoms in total. The summed E-state index contributed by atoms with van der Waals surface area (Å²) >= 11 is 11.5. The van der Waals surface area contributed by atoms with E-state index in [1.54, 1.807) is 42.5 Å². The molecule has 0 fully saturated rings. The number of hydrogen-bond acceptors (Lipinski definition) is 5. The van der Waals surface area contributed by atoms with Crippen LogP contribution in [-0.2, 0) is 6.54 Å². The molecule has 0 unspecified atom stereocenters. The van der Waals surface area contributed by atoms with Crippen molar-refractivity contribution >= 4 is 40.9 Å². The molecule has 1 aromatic carbocycles. The minimum Gasteiger partial charge on any atom is -0.460 e. The molecule has 0 spiro atoms. The summed E-state index contributed by atoms with van der Waals surface area (Å²) in [6, 6.07) is 9.92. The van der Waals surface area contributed by atoms with E-state index in [-0.39, 0.29) is 17.4 Å². The van der Waals surface area contributed by atoms with Gasteiger partial charge in [-0.15, -0.1) is 0 Å². The van der Waals surface area contributed by atoms with Crippen LogP contribution in [0.15, 0.2) is 53.1 Å². The fourth-order valence-electron chi connectivity index (χ4n) is 2.19. The zero-order valence-corrected chi connectivity index (χ0v) is 14.6. The molecule has 0 aliphatic carbocycles. The fourth-order valence-corrected chi connectivity index (χ4v) is 2.53. The second kappa shape index (κ2) is 7.55. The Kier molecular flexibility index (Phi) is 5.20. The van der Waals surface area contributed by atoms with Gasteiger partial charge in [0.15, 0.2) is 10.8 Å². The summed E-state index contributed by atoms with van der Waals surface area (Å²) < 4.78 is 6.88. The Hall–Kier alpha value is -2.90. The molecule has 132 valence electrons. The van der Waals surface area contributed by atoms with Crippen molar-refractivity contribution in [1.29, 1.82) is 0 Å². The van der Waals surface area contributed by atoms with Crippen LogP contribution in [0.2, 0.25) is 10.0 Å². The van der Waals surface area contributed by atoms with Gasteiger partial charge in [-0.25, -0.2) is 0 Å². The predicted molar refractivity (Wildman–Crippen MR) is 96.5 cm³/mol. The Morgan fingerprint density at radius 2 is 1.96 bits per heavy atom. The highest BCUT2D eigenvalue weighted by atomic mass is 35.5. The van der Waals surface area contributed by atoms with Crippen LogP contribution < -0.4 is 0 Å². The Morgan fingerprint density at radius 3 is 2.62 bits per heavy atom. The topological polar surface area (TPSA) is 91.2 Å². The summed E-state index contributed by atoms with van der Waals surface area (Å²) in [5.41, 5.74) is 0.510. The van der Waals surface area contributed by atoms with Gasteiger partial charge in [-0.05, 0) is 53.5 Å². The first kappa shape index (κ1) is 17.9. The average molecular weight is 392 g/mol. The van der Waals surface area contributed by atoms with E-state index in [2.05, 4.69) is 5.10 Å². The number of halogens is 2. The molecule has 0 saturated heterocycles. The summed E-state index contributed by atoms with van der Waals surface area (Å²) in [7, 11) is 0. The lowest BCUT2D eigenvalue weighted by Crippen LogP contribution is -2.00. The third-order valence-electron chi connectivity index (χ3n) is 3.40. The van der Waals surface area contributed by atoms with Crippen LogP contribution in [0.4, 0.5) is 5.82 Å². The molecule has 0 aliphatic heterocycles. The maximum absolute atomic E-state index is 12.1. The molecule has 0 amide bonds. The van der Waals surface area contributed by atoms with E-state index in [0.717, 1.165) is 0 Å². The molecular formula is C17H11Cl2N3O4. The molecular weight excluding hydrogens is 381 g/mol. The number of hydrogen-bond donors (Lipinski definition) is 0. The van der Waals surface area contributed by atoms with Gasteiger partial charge in [0, 0.05) is 10.6 Å². The standard InChI is InChI=1S/C17H11Cl2N3O4/c18-12-3-1-11(2-4-12)16(23)8-7-13-5-6-14(26-13)9-21-10-15(19)17(20-21)22(24)25/h1-8,10H,9H2/b8-7+. The van der Waals surface area contributed by atoms with E-state index in [0.29, 0.717) is 22.1 Å². The first-order valence-corrected chi connectivity index (χ1v) is 8.12. The molecule has 0 saturated carbocycles. The van der Waals surface area contributed by atoms with Crippen LogP contribution >= 0.6 is 23.2 Å². The smallest absolute Gasteiger partial charge is 0.408 e. The minimum atomic E-state index is -0.655. The highest BCUT2D eigenvalue weighted by Gasteiger charge is 2.19. The van der Waals surface area contributed by atoms with Gasteiger partial charge in [0.2, 0.25) is 0 Å². The zero-order chi connectivity index (χ0) is 18.7. The molecule has 2 aromatic heterocycles. The summed E-state index contributed by atoms with van der Waals surface area (Å²) in [5, 5.41) is 15.0. The van der Waals surface area contributed by atoms with E-state index in [1.165, 1.54) is 17.0 Å². The SMILES string of the molecule is O=C(/C=C/c1ccc(Cn2cc(Cl)c([N+](=O)[O-])n2)o1)c1ccc(Cl)cc1. The van der Waals surface area contributed by atoms with Crippen molar-refractivity contribution in [2.24, 2.45) is 0 Å². The summed E-state index contributed by atoms with van der Waals surface area (Å²) in [6.07, 6.45) is 4.28. The van der Waals surface area contributed by atoms with Crippen LogP contribution in [0.25, 0.3) is 6.08 Å². The van der Waals surface area contributed by atoms with E-state index < -0.39 is 10.7 Å². The molecule has 0 atom stereocenters. The van der Waals surface area contributed by atoms with Crippen LogP contribution in [0, 0.1) is 10.1 Å². The van der Waals surface area contributed by atoms with Gasteiger partial charge in [0.1, 0.15) is 18.1 Å². The Balaban J connectivity index is 1.68. The number of allylic oxidation sites excluding steroid dienone is 1. The number of ketones is 1. The van der Waals surface area contributed by atoms with E-state index >= 15 is 0 Å². The van der Waals surface area contributed by atoms with Gasteiger partial charge >= 0.3 is 5.82 Å². The van der Waals surface area contributed by atoms with E-state index in [9.17, 15) is 14.9 Å². The van der Waals surface area contributed by atoms with Gasteiger partial charge in [0.05, 0.1) is 11.3 Å². The van der Waals surface area contributed by atoms with Crippen molar-refractivity contribution in [2.45, 2.75) is 6.54 Å². The number of aromatic nitrogens is 2. The molecule has 3 rings (SSSR count). The lowest BCUT2D eigenvalue weighted by Gasteiger charge is -1.95. The number of carbonyl (C=O) groups is 1. The van der Waals surface area contributed by atoms with Gasteiger partial charge in [0.25, 0.3) is 0 Å². The molecule has 26 heavy (non-hydrogen) atoms. The lowest BCUT2D eigenvalue weighted by molar-refractivity contribution is -0.389. The summed E-state index contributed by atoms with van der Waals surface area (Å²) in [4.78, 5) is 22.2. The maximum Gasteiger partial charge on any atom is 0.408 e. The molecule has 3 aromatic rings. The highest BCUT2D eigenvalue weighted by Crippen LogP contribution is 2.22. The first-order chi connectivity index (χ1) is 12.4. The second-order valence-electron chi connectivity index (χ2n) is 5.26. The normalized spacial score (nSPS) is 11.2.